The molecule has 106 valence electrons. The van der Waals surface area contributed by atoms with Crippen molar-refractivity contribution in [3.63, 3.8) is 0 Å². The molecule has 0 fully saturated rings. The molecule has 7 nitrogen and oxygen atoms in total. The highest BCUT2D eigenvalue weighted by Crippen LogP contribution is 2.11. The minimum Gasteiger partial charge on any atom is -0.316 e. The van der Waals surface area contributed by atoms with Crippen LogP contribution < -0.4 is 5.32 Å². The largest absolute Gasteiger partial charge is 0.316 e. The van der Waals surface area contributed by atoms with Crippen LogP contribution in [-0.2, 0) is 19.9 Å². The third kappa shape index (κ3) is 4.13. The Balaban J connectivity index is 1.66. The van der Waals surface area contributed by atoms with Crippen molar-refractivity contribution in [2.45, 2.75) is 12.8 Å². The maximum absolute atomic E-state index is 10.5. The number of nitrogens with zero attached hydrogens (tertiary/aromatic N) is 4. The fraction of sp³-hybridized carbons (Fsp3) is 0.385. The first-order valence-corrected chi connectivity index (χ1v) is 6.44. The van der Waals surface area contributed by atoms with E-state index in [1.807, 2.05) is 7.05 Å². The Hall–Kier alpha value is -2.28. The molecule has 1 heterocycles. The lowest BCUT2D eigenvalue weighted by molar-refractivity contribution is -0.384. The molecular weight excluding hydrogens is 258 g/mol. The second-order valence-corrected chi connectivity index (χ2v) is 4.51. The van der Waals surface area contributed by atoms with Crippen molar-refractivity contribution in [3.05, 3.63) is 52.1 Å². The number of hydrogen-bond acceptors (Lipinski definition) is 5. The highest BCUT2D eigenvalue weighted by molar-refractivity contribution is 5.32. The molecule has 7 heteroatoms. The van der Waals surface area contributed by atoms with Crippen LogP contribution in [0.3, 0.4) is 0 Å². The van der Waals surface area contributed by atoms with Gasteiger partial charge in [0.2, 0.25) is 0 Å². The lowest BCUT2D eigenvalue weighted by atomic mass is 10.1. The number of aromatic nitrogens is 3. The molecule has 0 aliphatic rings. The zero-order valence-corrected chi connectivity index (χ0v) is 11.3. The van der Waals surface area contributed by atoms with Crippen molar-refractivity contribution in [2.24, 2.45) is 7.05 Å². The van der Waals surface area contributed by atoms with Gasteiger partial charge in [0.1, 0.15) is 6.33 Å². The van der Waals surface area contributed by atoms with E-state index >= 15 is 0 Å². The summed E-state index contributed by atoms with van der Waals surface area (Å²) in [6, 6.07) is 6.65. The third-order valence-corrected chi connectivity index (χ3v) is 2.91. The maximum atomic E-state index is 10.5. The molecule has 0 saturated heterocycles. The zero-order chi connectivity index (χ0) is 14.4. The van der Waals surface area contributed by atoms with Crippen LogP contribution in [0.1, 0.15) is 11.4 Å². The topological polar surface area (TPSA) is 85.9 Å². The normalized spacial score (nSPS) is 10.7. The van der Waals surface area contributed by atoms with Gasteiger partial charge in [0.25, 0.3) is 5.69 Å². The molecule has 20 heavy (non-hydrogen) atoms. The summed E-state index contributed by atoms with van der Waals surface area (Å²) >= 11 is 0. The van der Waals surface area contributed by atoms with Crippen molar-refractivity contribution >= 4 is 5.69 Å². The van der Waals surface area contributed by atoms with E-state index in [0.29, 0.717) is 0 Å². The number of hydrogen-bond donors (Lipinski definition) is 1. The van der Waals surface area contributed by atoms with Crippen molar-refractivity contribution in [1.29, 1.82) is 0 Å². The van der Waals surface area contributed by atoms with Crippen molar-refractivity contribution in [1.82, 2.24) is 20.1 Å². The molecule has 0 aliphatic carbocycles. The minimum atomic E-state index is -0.387. The monoisotopic (exact) mass is 275 g/mol. The molecule has 0 atom stereocenters. The first-order chi connectivity index (χ1) is 9.65. The van der Waals surface area contributed by atoms with Crippen LogP contribution in [0, 0.1) is 10.1 Å². The van der Waals surface area contributed by atoms with Gasteiger partial charge in [-0.15, -0.1) is 0 Å². The molecule has 1 aromatic carbocycles. The summed E-state index contributed by atoms with van der Waals surface area (Å²) < 4.78 is 1.69. The number of non-ortho nitro benzene ring substituents is 1. The van der Waals surface area contributed by atoms with Crippen molar-refractivity contribution in [2.75, 3.05) is 13.1 Å². The SMILES string of the molecule is Cn1cnc(CCNCCc2ccc([N+](=O)[O-])cc2)n1. The van der Waals surface area contributed by atoms with Crippen molar-refractivity contribution < 1.29 is 4.92 Å². The number of nitro benzene ring substituents is 1. The number of nitrogens with one attached hydrogen (secondary N) is 1. The Morgan fingerprint density at radius 2 is 1.95 bits per heavy atom. The summed E-state index contributed by atoms with van der Waals surface area (Å²) in [5, 5.41) is 18.0. The second kappa shape index (κ2) is 6.76. The van der Waals surface area contributed by atoms with Crippen LogP contribution >= 0.6 is 0 Å². The Kier molecular flexibility index (Phi) is 4.78. The predicted octanol–water partition coefficient (Wildman–Crippen LogP) is 1.10. The summed E-state index contributed by atoms with van der Waals surface area (Å²) in [7, 11) is 1.85. The Morgan fingerprint density at radius 3 is 2.55 bits per heavy atom. The van der Waals surface area contributed by atoms with E-state index < -0.39 is 0 Å². The highest BCUT2D eigenvalue weighted by Gasteiger charge is 2.03. The molecule has 2 aromatic rings. The maximum Gasteiger partial charge on any atom is 0.269 e. The highest BCUT2D eigenvalue weighted by atomic mass is 16.6. The van der Waals surface area contributed by atoms with Gasteiger partial charge < -0.3 is 5.32 Å². The first-order valence-electron chi connectivity index (χ1n) is 6.44. The average Bonchev–Trinajstić information content (AvgIpc) is 2.84. The zero-order valence-electron chi connectivity index (χ0n) is 11.3. The molecule has 0 radical (unpaired) electrons. The predicted molar refractivity (Wildman–Crippen MR) is 74.4 cm³/mol. The van der Waals surface area contributed by atoms with Gasteiger partial charge in [0, 0.05) is 32.1 Å². The molecule has 0 saturated carbocycles. The van der Waals surface area contributed by atoms with E-state index in [0.717, 1.165) is 37.3 Å². The number of aryl methyl sites for hydroxylation is 1. The molecule has 0 spiro atoms. The van der Waals surface area contributed by atoms with Gasteiger partial charge in [-0.1, -0.05) is 12.1 Å². The van der Waals surface area contributed by atoms with Gasteiger partial charge in [0.15, 0.2) is 5.82 Å². The second-order valence-electron chi connectivity index (χ2n) is 4.51. The van der Waals surface area contributed by atoms with Crippen LogP contribution in [0.15, 0.2) is 30.6 Å². The van der Waals surface area contributed by atoms with E-state index in [1.54, 1.807) is 23.1 Å². The number of rotatable bonds is 7. The van der Waals surface area contributed by atoms with Gasteiger partial charge in [-0.05, 0) is 18.5 Å². The average molecular weight is 275 g/mol. The van der Waals surface area contributed by atoms with E-state index in [-0.39, 0.29) is 10.6 Å². The van der Waals surface area contributed by atoms with Crippen LogP contribution in [0.5, 0.6) is 0 Å². The minimum absolute atomic E-state index is 0.128. The van der Waals surface area contributed by atoms with Crippen LogP contribution in [0.4, 0.5) is 5.69 Å². The van der Waals surface area contributed by atoms with E-state index in [9.17, 15) is 10.1 Å². The fourth-order valence-corrected chi connectivity index (χ4v) is 1.84. The first kappa shape index (κ1) is 14.1. The Morgan fingerprint density at radius 1 is 1.25 bits per heavy atom. The van der Waals surface area contributed by atoms with E-state index in [1.165, 1.54) is 12.1 Å². The van der Waals surface area contributed by atoms with Gasteiger partial charge in [-0.25, -0.2) is 4.98 Å². The van der Waals surface area contributed by atoms with E-state index in [2.05, 4.69) is 15.4 Å². The molecule has 2 rings (SSSR count). The summed E-state index contributed by atoms with van der Waals surface area (Å²) in [5.41, 5.74) is 1.21. The van der Waals surface area contributed by atoms with Gasteiger partial charge in [-0.2, -0.15) is 5.10 Å². The quantitative estimate of drug-likeness (QED) is 0.464. The Bertz CT molecular complexity index is 564. The van der Waals surface area contributed by atoms with Crippen LogP contribution in [0.25, 0.3) is 0 Å². The number of nitro groups is 1. The standard InChI is InChI=1S/C13H17N5O2/c1-17-10-15-13(16-17)7-9-14-8-6-11-2-4-12(5-3-11)18(19)20/h2-5,10,14H,6-9H2,1H3. The lowest BCUT2D eigenvalue weighted by Crippen LogP contribution is -2.20. The molecule has 0 aliphatic heterocycles. The molecule has 0 bridgehead atoms. The summed E-state index contributed by atoms with van der Waals surface area (Å²) in [4.78, 5) is 14.3. The fourth-order valence-electron chi connectivity index (χ4n) is 1.84. The van der Waals surface area contributed by atoms with Crippen LogP contribution in [0.2, 0.25) is 0 Å². The smallest absolute Gasteiger partial charge is 0.269 e. The molecule has 0 unspecified atom stereocenters. The lowest BCUT2D eigenvalue weighted by Gasteiger charge is -2.03. The molecular formula is C13H17N5O2. The van der Waals surface area contributed by atoms with Gasteiger partial charge >= 0.3 is 0 Å². The molecule has 0 amide bonds. The van der Waals surface area contributed by atoms with Crippen molar-refractivity contribution in [3.8, 4) is 0 Å². The van der Waals surface area contributed by atoms with Crippen LogP contribution in [-0.4, -0.2) is 32.8 Å². The third-order valence-electron chi connectivity index (χ3n) is 2.91. The molecule has 1 N–H and O–H groups in total. The summed E-state index contributed by atoms with van der Waals surface area (Å²) in [6.45, 7) is 1.64. The summed E-state index contributed by atoms with van der Waals surface area (Å²) in [6.07, 6.45) is 3.32. The van der Waals surface area contributed by atoms with Gasteiger partial charge in [-0.3, -0.25) is 14.8 Å². The number of benzene rings is 1. The molecule has 1 aromatic heterocycles. The summed E-state index contributed by atoms with van der Waals surface area (Å²) in [5.74, 6) is 0.829. The Labute approximate surface area is 116 Å². The van der Waals surface area contributed by atoms with Gasteiger partial charge in [0.05, 0.1) is 4.92 Å². The van der Waals surface area contributed by atoms with E-state index in [4.69, 9.17) is 0 Å².